The van der Waals surface area contributed by atoms with Gasteiger partial charge in [0, 0.05) is 68.0 Å². The van der Waals surface area contributed by atoms with Crippen LogP contribution in [0.5, 0.6) is 0 Å². The van der Waals surface area contributed by atoms with Crippen LogP contribution in [-0.2, 0) is 35.5 Å². The molecule has 13 heteroatoms. The van der Waals surface area contributed by atoms with Crippen LogP contribution in [0.2, 0.25) is 0 Å². The molecule has 0 bridgehead atoms. The van der Waals surface area contributed by atoms with Gasteiger partial charge in [-0.2, -0.15) is 5.10 Å². The number of hydrogen-bond donors (Lipinski definition) is 3. The average Bonchev–Trinajstić information content (AvgIpc) is 3.31. The number of carboxylic acid groups (broad SMARTS) is 1. The second-order valence-electron chi connectivity index (χ2n) is 9.25. The Bertz CT molecular complexity index is 1430. The maximum absolute atomic E-state index is 13.9. The topological polar surface area (TPSA) is 189 Å². The molecule has 1 aliphatic heterocycles. The van der Waals surface area contributed by atoms with Crippen LogP contribution in [0.4, 0.5) is 5.69 Å². The zero-order chi connectivity index (χ0) is 28.3. The fourth-order valence-electron chi connectivity index (χ4n) is 4.49. The number of benzene rings is 2. The first-order valence-corrected chi connectivity index (χ1v) is 12.0. The number of rotatable bonds is 9. The van der Waals surface area contributed by atoms with Crippen LogP contribution >= 0.6 is 0 Å². The second kappa shape index (κ2) is 11.1. The molecular formula is C26H27N7O6. The number of carboxylic acids is 1. The molecule has 0 radical (unpaired) electrons. The van der Waals surface area contributed by atoms with E-state index in [0.717, 1.165) is 11.3 Å². The first kappa shape index (κ1) is 27.0. The number of non-ortho nitro benzene ring substituents is 1. The summed E-state index contributed by atoms with van der Waals surface area (Å²) in [6.07, 6.45) is 2.16. The van der Waals surface area contributed by atoms with E-state index in [1.165, 1.54) is 40.9 Å². The van der Waals surface area contributed by atoms with E-state index in [-0.39, 0.29) is 36.9 Å². The standard InChI is InChI=1S/C26H27N7O6/c1-30(25(36)18-6-4-17(5-7-18)24(27)28)22(12-16-2-8-20(9-3-16)33(38)39)26(37)31-11-10-21-19(13-31)14-32(29-21)15-23(34)35/h2-9,14,22H,10-13,15H2,1H3,(H3,27,28)(H,34,35)/t22-/m0/s1. The summed E-state index contributed by atoms with van der Waals surface area (Å²) in [5.74, 6) is -1.90. The molecule has 0 saturated carbocycles. The number of nitrogens with one attached hydrogen (secondary N) is 1. The molecule has 0 spiro atoms. The van der Waals surface area contributed by atoms with Gasteiger partial charge in [0.2, 0.25) is 5.91 Å². The summed E-state index contributed by atoms with van der Waals surface area (Å²) >= 11 is 0. The van der Waals surface area contributed by atoms with Gasteiger partial charge in [-0.25, -0.2) is 0 Å². The summed E-state index contributed by atoms with van der Waals surface area (Å²) in [7, 11) is 1.52. The van der Waals surface area contributed by atoms with Crippen LogP contribution in [0, 0.1) is 15.5 Å². The quantitative estimate of drug-likeness (QED) is 0.159. The molecule has 2 aromatic carbocycles. The first-order chi connectivity index (χ1) is 18.5. The Hall–Kier alpha value is -5.07. The predicted molar refractivity (Wildman–Crippen MR) is 139 cm³/mol. The number of carbonyl (C=O) groups is 3. The van der Waals surface area contributed by atoms with Crippen LogP contribution in [0.1, 0.15) is 32.7 Å². The van der Waals surface area contributed by atoms with Crippen molar-refractivity contribution in [2.45, 2.75) is 32.0 Å². The zero-order valence-electron chi connectivity index (χ0n) is 21.1. The minimum atomic E-state index is -1.03. The Balaban J connectivity index is 1.60. The highest BCUT2D eigenvalue weighted by molar-refractivity contribution is 5.99. The fraction of sp³-hybridized carbons (Fsp3) is 0.269. The number of fused-ring (bicyclic) bond motifs is 1. The number of aliphatic carboxylic acids is 1. The average molecular weight is 534 g/mol. The van der Waals surface area contributed by atoms with Crippen LogP contribution in [0.15, 0.2) is 54.7 Å². The van der Waals surface area contributed by atoms with E-state index in [1.54, 1.807) is 35.4 Å². The van der Waals surface area contributed by atoms with E-state index in [4.69, 9.17) is 16.2 Å². The third-order valence-corrected chi connectivity index (χ3v) is 6.61. The molecule has 202 valence electrons. The van der Waals surface area contributed by atoms with Crippen molar-refractivity contribution in [1.82, 2.24) is 19.6 Å². The predicted octanol–water partition coefficient (Wildman–Crippen LogP) is 1.43. The molecule has 1 atom stereocenters. The lowest BCUT2D eigenvalue weighted by molar-refractivity contribution is -0.384. The van der Waals surface area contributed by atoms with Crippen molar-refractivity contribution in [3.8, 4) is 0 Å². The number of nitro benzene ring substituents is 1. The lowest BCUT2D eigenvalue weighted by atomic mass is 10.00. The molecule has 0 fully saturated rings. The summed E-state index contributed by atoms with van der Waals surface area (Å²) in [6, 6.07) is 11.1. The van der Waals surface area contributed by atoms with Gasteiger partial charge >= 0.3 is 5.97 Å². The highest BCUT2D eigenvalue weighted by Gasteiger charge is 2.34. The number of nitrogens with two attached hydrogens (primary N) is 1. The number of aromatic nitrogens is 2. The van der Waals surface area contributed by atoms with Gasteiger partial charge in [-0.15, -0.1) is 0 Å². The maximum atomic E-state index is 13.9. The van der Waals surface area contributed by atoms with Crippen molar-refractivity contribution in [3.05, 3.63) is 92.8 Å². The highest BCUT2D eigenvalue weighted by atomic mass is 16.6. The molecule has 39 heavy (non-hydrogen) atoms. The Morgan fingerprint density at radius 2 is 1.79 bits per heavy atom. The van der Waals surface area contributed by atoms with Crippen LogP contribution in [0.25, 0.3) is 0 Å². The van der Waals surface area contributed by atoms with Crippen LogP contribution in [0.3, 0.4) is 0 Å². The van der Waals surface area contributed by atoms with Crippen molar-refractivity contribution < 1.29 is 24.4 Å². The van der Waals surface area contributed by atoms with Gasteiger partial charge in [0.05, 0.1) is 10.6 Å². The van der Waals surface area contributed by atoms with Gasteiger partial charge in [0.15, 0.2) is 0 Å². The van der Waals surface area contributed by atoms with E-state index in [1.807, 2.05) is 0 Å². The summed E-state index contributed by atoms with van der Waals surface area (Å²) in [4.78, 5) is 51.8. The zero-order valence-corrected chi connectivity index (χ0v) is 21.1. The van der Waals surface area contributed by atoms with Crippen molar-refractivity contribution in [2.75, 3.05) is 13.6 Å². The molecule has 0 saturated heterocycles. The molecular weight excluding hydrogens is 506 g/mol. The molecule has 0 aliphatic carbocycles. The molecule has 1 aliphatic rings. The number of carbonyl (C=O) groups excluding carboxylic acids is 2. The van der Waals surface area contributed by atoms with Gasteiger partial charge in [-0.1, -0.05) is 24.3 Å². The SMILES string of the molecule is CN(C(=O)c1ccc(C(=N)N)cc1)[C@@H](Cc1ccc([N+](=O)[O-])cc1)C(=O)N1CCc2nn(CC(=O)O)cc2C1. The van der Waals surface area contributed by atoms with Crippen molar-refractivity contribution in [3.63, 3.8) is 0 Å². The second-order valence-corrected chi connectivity index (χ2v) is 9.25. The lowest BCUT2D eigenvalue weighted by Gasteiger charge is -2.34. The summed E-state index contributed by atoms with van der Waals surface area (Å²) in [5.41, 5.74) is 8.28. The van der Waals surface area contributed by atoms with E-state index in [0.29, 0.717) is 29.7 Å². The minimum Gasteiger partial charge on any atom is -0.480 e. The van der Waals surface area contributed by atoms with E-state index in [2.05, 4.69) is 5.10 Å². The Morgan fingerprint density at radius 3 is 2.38 bits per heavy atom. The largest absolute Gasteiger partial charge is 0.480 e. The number of nitrogen functional groups attached to an aromatic ring is 1. The van der Waals surface area contributed by atoms with E-state index in [9.17, 15) is 24.5 Å². The molecule has 1 aromatic heterocycles. The third-order valence-electron chi connectivity index (χ3n) is 6.61. The number of hydrogen-bond acceptors (Lipinski definition) is 7. The van der Waals surface area contributed by atoms with E-state index < -0.39 is 22.8 Å². The maximum Gasteiger partial charge on any atom is 0.325 e. The molecule has 2 amide bonds. The van der Waals surface area contributed by atoms with E-state index >= 15 is 0 Å². The Labute approximate surface area is 223 Å². The van der Waals surface area contributed by atoms with Crippen molar-refractivity contribution in [2.24, 2.45) is 5.73 Å². The Kier molecular flexibility index (Phi) is 7.70. The summed E-state index contributed by atoms with van der Waals surface area (Å²) < 4.78 is 1.33. The molecule has 3 aromatic rings. The highest BCUT2D eigenvalue weighted by Crippen LogP contribution is 2.22. The van der Waals surface area contributed by atoms with Crippen LogP contribution in [-0.4, -0.2) is 72.9 Å². The number of nitro groups is 1. The Morgan fingerprint density at radius 1 is 1.15 bits per heavy atom. The fourth-order valence-corrected chi connectivity index (χ4v) is 4.49. The van der Waals surface area contributed by atoms with Gasteiger partial charge in [-0.3, -0.25) is 34.6 Å². The normalized spacial score (nSPS) is 13.3. The molecule has 4 N–H and O–H groups in total. The molecule has 4 rings (SSSR count). The van der Waals surface area contributed by atoms with Gasteiger partial charge in [0.1, 0.15) is 18.4 Å². The van der Waals surface area contributed by atoms with Gasteiger partial charge in [0.25, 0.3) is 11.6 Å². The van der Waals surface area contributed by atoms with Crippen molar-refractivity contribution >= 4 is 29.3 Å². The number of amides is 2. The monoisotopic (exact) mass is 533 g/mol. The van der Waals surface area contributed by atoms with Gasteiger partial charge < -0.3 is 20.6 Å². The summed E-state index contributed by atoms with van der Waals surface area (Å²) in [6.45, 7) is 0.255. The third kappa shape index (κ3) is 6.09. The molecule has 2 heterocycles. The minimum absolute atomic E-state index is 0.0847. The first-order valence-electron chi connectivity index (χ1n) is 12.0. The van der Waals surface area contributed by atoms with Gasteiger partial charge in [-0.05, 0) is 17.7 Å². The smallest absolute Gasteiger partial charge is 0.325 e. The molecule has 13 nitrogen and oxygen atoms in total. The number of likely N-dealkylation sites (N-methyl/N-ethyl adjacent to an activating group) is 1. The number of nitrogens with zero attached hydrogens (tertiary/aromatic N) is 5. The number of amidine groups is 1. The van der Waals surface area contributed by atoms with Crippen LogP contribution < -0.4 is 5.73 Å². The lowest BCUT2D eigenvalue weighted by Crippen LogP contribution is -2.51. The summed E-state index contributed by atoms with van der Waals surface area (Å²) in [5, 5.41) is 32.0. The van der Waals surface area contributed by atoms with Crippen molar-refractivity contribution in [1.29, 1.82) is 5.41 Å². The molecule has 0 unspecified atom stereocenters.